The number of fused-ring (bicyclic) bond motifs is 6. The summed E-state index contributed by atoms with van der Waals surface area (Å²) in [5, 5.41) is 14.0. The van der Waals surface area contributed by atoms with E-state index in [4.69, 9.17) is 29.2 Å². The SMILES string of the molecule is CCC1=C(C)C2=CC3=NC(=C(C)/C3=C/O)C=C3NC(=C4CC5(OCCO5)C5=C(C)C(=CC1=N2)N=C45)[C@@H](CCC(=O)OC)[C@@H]3C. The molecule has 2 atom stereocenters. The van der Waals surface area contributed by atoms with Gasteiger partial charge in [-0.25, -0.2) is 15.0 Å². The van der Waals surface area contributed by atoms with Gasteiger partial charge in [0, 0.05) is 52.8 Å². The van der Waals surface area contributed by atoms with Crippen LogP contribution in [0.15, 0.2) is 107 Å². The number of aliphatic hydroxyl groups excluding tert-OH is 1. The molecule has 228 valence electrons. The number of carbonyl (C=O) groups excluding carboxylic acids is 1. The van der Waals surface area contributed by atoms with Gasteiger partial charge in [0.2, 0.25) is 5.79 Å². The molecule has 0 radical (unpaired) electrons. The fraction of sp³-hybridized carbons (Fsp3) is 0.429. The second kappa shape index (κ2) is 10.5. The van der Waals surface area contributed by atoms with Crippen molar-refractivity contribution >= 4 is 23.1 Å². The number of nitrogens with one attached hydrogen (secondary N) is 1. The van der Waals surface area contributed by atoms with E-state index in [0.717, 1.165) is 86.0 Å². The van der Waals surface area contributed by atoms with Crippen LogP contribution in [-0.2, 0) is 19.0 Å². The molecule has 3 fully saturated rings. The van der Waals surface area contributed by atoms with Crippen molar-refractivity contribution in [3.8, 4) is 0 Å². The maximum Gasteiger partial charge on any atom is 0.305 e. The summed E-state index contributed by atoms with van der Waals surface area (Å²) in [6, 6.07) is 0. The summed E-state index contributed by atoms with van der Waals surface area (Å²) in [7, 11) is 1.43. The molecule has 8 bridgehead atoms. The lowest BCUT2D eigenvalue weighted by molar-refractivity contribution is -0.140. The summed E-state index contributed by atoms with van der Waals surface area (Å²) in [4.78, 5) is 27.6. The standard InChI is InChI=1S/C35H38N4O5/c1-7-21-17(2)26-13-30-24(16-40)19(4)25(37-30)12-27-18(3)22(8-9-31(41)42-6)33(38-27)23-15-35(43-10-11-44-35)32-20(5)28(39-34(23)32)14-29(21)36-26/h12-14,16,18,22,38,40H,7-11,15H2,1-6H3/b24-16-,26-13?,27-12?,28-14?,33-23?/t18-,22-/m0/s1. The van der Waals surface area contributed by atoms with E-state index >= 15 is 0 Å². The van der Waals surface area contributed by atoms with E-state index in [9.17, 15) is 9.90 Å². The molecule has 1 spiro atoms. The Morgan fingerprint density at radius 1 is 1.07 bits per heavy atom. The smallest absolute Gasteiger partial charge is 0.305 e. The molecule has 9 heteroatoms. The molecule has 0 aromatic rings. The lowest BCUT2D eigenvalue weighted by Gasteiger charge is -2.23. The summed E-state index contributed by atoms with van der Waals surface area (Å²) >= 11 is 0. The van der Waals surface area contributed by atoms with Crippen LogP contribution in [0.4, 0.5) is 0 Å². The molecule has 6 heterocycles. The number of rotatable bonds is 4. The Hall–Kier alpha value is -4.08. The first-order valence-electron chi connectivity index (χ1n) is 15.4. The van der Waals surface area contributed by atoms with Gasteiger partial charge in [0.25, 0.3) is 0 Å². The number of ether oxygens (including phenoxy) is 3. The molecule has 7 aliphatic rings. The minimum Gasteiger partial charge on any atom is -0.515 e. The highest BCUT2D eigenvalue weighted by Crippen LogP contribution is 2.52. The van der Waals surface area contributed by atoms with Crippen molar-refractivity contribution in [1.82, 2.24) is 5.32 Å². The lowest BCUT2D eigenvalue weighted by atomic mass is 9.86. The molecule has 0 unspecified atom stereocenters. The number of nitrogens with zero attached hydrogens (tertiary/aromatic N) is 3. The number of aliphatic imine (C=N–C) groups is 3. The zero-order valence-corrected chi connectivity index (χ0v) is 26.1. The minimum absolute atomic E-state index is 0.0123. The predicted octanol–water partition coefficient (Wildman–Crippen LogP) is 5.98. The summed E-state index contributed by atoms with van der Waals surface area (Å²) in [5.41, 5.74) is 13.8. The molecule has 0 aromatic heterocycles. The van der Waals surface area contributed by atoms with Gasteiger partial charge in [0.1, 0.15) is 0 Å². The van der Waals surface area contributed by atoms with Crippen LogP contribution in [0, 0.1) is 11.8 Å². The Bertz CT molecular complexity index is 1750. The molecule has 0 aromatic carbocycles. The summed E-state index contributed by atoms with van der Waals surface area (Å²) in [6.45, 7) is 11.5. The van der Waals surface area contributed by atoms with E-state index in [-0.39, 0.29) is 17.8 Å². The van der Waals surface area contributed by atoms with E-state index < -0.39 is 5.79 Å². The van der Waals surface area contributed by atoms with Gasteiger partial charge in [-0.3, -0.25) is 4.79 Å². The molecular weight excluding hydrogens is 556 g/mol. The molecule has 7 rings (SSSR count). The number of hydrogen-bond acceptors (Lipinski definition) is 9. The van der Waals surface area contributed by atoms with Crippen LogP contribution >= 0.6 is 0 Å². The van der Waals surface area contributed by atoms with E-state index in [1.165, 1.54) is 7.11 Å². The molecule has 1 saturated carbocycles. The summed E-state index contributed by atoms with van der Waals surface area (Å²) in [5.74, 6) is -1.05. The second-order valence-electron chi connectivity index (χ2n) is 12.3. The van der Waals surface area contributed by atoms with Gasteiger partial charge in [0.05, 0.1) is 60.8 Å². The number of allylic oxidation sites excluding steroid dienone is 10. The first-order chi connectivity index (χ1) is 21.2. The van der Waals surface area contributed by atoms with E-state index in [0.29, 0.717) is 43.8 Å². The van der Waals surface area contributed by atoms with Gasteiger partial charge in [0.15, 0.2) is 0 Å². The normalized spacial score (nSPS) is 27.7. The Labute approximate surface area is 257 Å². The monoisotopic (exact) mass is 594 g/mol. The van der Waals surface area contributed by atoms with Crippen molar-refractivity contribution < 1.29 is 24.1 Å². The molecule has 2 saturated heterocycles. The van der Waals surface area contributed by atoms with Gasteiger partial charge >= 0.3 is 5.97 Å². The molecule has 9 nitrogen and oxygen atoms in total. The molecule has 1 aliphatic carbocycles. The zero-order valence-electron chi connectivity index (χ0n) is 26.1. The highest BCUT2D eigenvalue weighted by atomic mass is 16.7. The number of carbonyl (C=O) groups is 1. The van der Waals surface area contributed by atoms with Crippen LogP contribution in [0.1, 0.15) is 60.3 Å². The highest BCUT2D eigenvalue weighted by molar-refractivity contribution is 6.22. The Balaban J connectivity index is 1.49. The Morgan fingerprint density at radius 3 is 2.50 bits per heavy atom. The van der Waals surface area contributed by atoms with Crippen LogP contribution in [0.3, 0.4) is 0 Å². The fourth-order valence-electron chi connectivity index (χ4n) is 7.54. The predicted molar refractivity (Wildman–Crippen MR) is 169 cm³/mol. The third-order valence-electron chi connectivity index (χ3n) is 10.0. The van der Waals surface area contributed by atoms with Crippen LogP contribution in [-0.4, -0.2) is 54.3 Å². The largest absolute Gasteiger partial charge is 0.515 e. The molecule has 6 aliphatic heterocycles. The van der Waals surface area contributed by atoms with Crippen molar-refractivity contribution in [2.45, 2.75) is 66.1 Å². The maximum atomic E-state index is 12.3. The fourth-order valence-corrected chi connectivity index (χ4v) is 7.54. The van der Waals surface area contributed by atoms with Crippen LogP contribution in [0.25, 0.3) is 0 Å². The van der Waals surface area contributed by atoms with Gasteiger partial charge in [-0.1, -0.05) is 13.8 Å². The number of aliphatic hydroxyl groups is 1. The third kappa shape index (κ3) is 4.20. The summed E-state index contributed by atoms with van der Waals surface area (Å²) in [6.07, 6.45) is 9.51. The van der Waals surface area contributed by atoms with Crippen molar-refractivity contribution in [3.63, 3.8) is 0 Å². The van der Waals surface area contributed by atoms with E-state index in [1.807, 2.05) is 13.0 Å². The van der Waals surface area contributed by atoms with Crippen LogP contribution in [0.2, 0.25) is 0 Å². The number of methoxy groups -OCH3 is 1. The number of hydrogen-bond donors (Lipinski definition) is 2. The molecule has 0 amide bonds. The van der Waals surface area contributed by atoms with E-state index in [2.05, 4.69) is 45.2 Å². The third-order valence-corrected chi connectivity index (χ3v) is 10.0. The Morgan fingerprint density at radius 2 is 1.80 bits per heavy atom. The topological polar surface area (TPSA) is 114 Å². The number of esters is 1. The van der Waals surface area contributed by atoms with Crippen molar-refractivity contribution in [1.29, 1.82) is 0 Å². The lowest BCUT2D eigenvalue weighted by Crippen LogP contribution is -2.29. The van der Waals surface area contributed by atoms with Gasteiger partial charge < -0.3 is 24.6 Å². The van der Waals surface area contributed by atoms with Gasteiger partial charge in [-0.15, -0.1) is 0 Å². The van der Waals surface area contributed by atoms with Gasteiger partial charge in [-0.2, -0.15) is 0 Å². The molecule has 44 heavy (non-hydrogen) atoms. The first-order valence-corrected chi connectivity index (χ1v) is 15.4. The quantitative estimate of drug-likeness (QED) is 0.306. The highest BCUT2D eigenvalue weighted by Gasteiger charge is 2.55. The van der Waals surface area contributed by atoms with E-state index in [1.54, 1.807) is 0 Å². The van der Waals surface area contributed by atoms with Crippen molar-refractivity contribution in [2.24, 2.45) is 26.8 Å². The Kier molecular flexibility index (Phi) is 6.86. The molecular formula is C35H38N4O5. The van der Waals surface area contributed by atoms with Crippen molar-refractivity contribution in [3.05, 3.63) is 92.0 Å². The second-order valence-corrected chi connectivity index (χ2v) is 12.3. The average Bonchev–Trinajstić information content (AvgIpc) is 3.84. The summed E-state index contributed by atoms with van der Waals surface area (Å²) < 4.78 is 17.8. The van der Waals surface area contributed by atoms with Crippen molar-refractivity contribution in [2.75, 3.05) is 20.3 Å². The minimum atomic E-state index is -0.886. The molecule has 2 N–H and O–H groups in total. The van der Waals surface area contributed by atoms with Crippen LogP contribution < -0.4 is 5.32 Å². The van der Waals surface area contributed by atoms with Crippen LogP contribution in [0.5, 0.6) is 0 Å². The first kappa shape index (κ1) is 28.7. The zero-order chi connectivity index (χ0) is 30.9. The average molecular weight is 595 g/mol. The van der Waals surface area contributed by atoms with Gasteiger partial charge in [-0.05, 0) is 74.1 Å². The maximum absolute atomic E-state index is 12.3.